The summed E-state index contributed by atoms with van der Waals surface area (Å²) in [5.41, 5.74) is 1.22. The first-order valence-corrected chi connectivity index (χ1v) is 6.84. The van der Waals surface area contributed by atoms with Gasteiger partial charge >= 0.3 is 0 Å². The molecule has 1 aliphatic carbocycles. The van der Waals surface area contributed by atoms with Crippen molar-refractivity contribution in [2.75, 3.05) is 6.54 Å². The van der Waals surface area contributed by atoms with E-state index in [2.05, 4.69) is 12.2 Å². The molecule has 2 rings (SSSR count). The van der Waals surface area contributed by atoms with E-state index in [1.54, 1.807) is 12.1 Å². The van der Waals surface area contributed by atoms with E-state index >= 15 is 0 Å². The highest BCUT2D eigenvalue weighted by atomic mass is 16.3. The molecule has 3 atom stereocenters. The topological polar surface area (TPSA) is 52.5 Å². The molecule has 0 heterocycles. The second kappa shape index (κ2) is 6.21. The largest absolute Gasteiger partial charge is 0.508 e. The number of benzene rings is 1. The summed E-state index contributed by atoms with van der Waals surface area (Å²) in [5.74, 6) is 0.737. The van der Waals surface area contributed by atoms with Crippen molar-refractivity contribution in [2.45, 2.75) is 44.8 Å². The number of aliphatic hydroxyl groups is 1. The van der Waals surface area contributed by atoms with Gasteiger partial charge in [-0.05, 0) is 49.8 Å². The van der Waals surface area contributed by atoms with Crippen LogP contribution >= 0.6 is 0 Å². The van der Waals surface area contributed by atoms with Gasteiger partial charge in [-0.25, -0.2) is 0 Å². The van der Waals surface area contributed by atoms with Gasteiger partial charge in [0.05, 0.1) is 6.10 Å². The quantitative estimate of drug-likeness (QED) is 0.749. The predicted molar refractivity (Wildman–Crippen MR) is 72.6 cm³/mol. The minimum absolute atomic E-state index is 0.113. The maximum Gasteiger partial charge on any atom is 0.115 e. The van der Waals surface area contributed by atoms with E-state index in [1.165, 1.54) is 5.56 Å². The molecule has 1 aromatic carbocycles. The van der Waals surface area contributed by atoms with E-state index in [9.17, 15) is 10.2 Å². The maximum atomic E-state index is 9.75. The lowest BCUT2D eigenvalue weighted by Gasteiger charge is -2.19. The van der Waals surface area contributed by atoms with Crippen LogP contribution in [0.5, 0.6) is 5.75 Å². The van der Waals surface area contributed by atoms with E-state index in [0.29, 0.717) is 17.7 Å². The Morgan fingerprint density at radius 2 is 2.00 bits per heavy atom. The molecule has 0 radical (unpaired) electrons. The van der Waals surface area contributed by atoms with Crippen molar-refractivity contribution in [2.24, 2.45) is 5.92 Å². The first kappa shape index (κ1) is 13.4. The van der Waals surface area contributed by atoms with Crippen LogP contribution in [0.1, 0.15) is 31.7 Å². The number of aliphatic hydroxyl groups excluding tert-OH is 1. The zero-order chi connectivity index (χ0) is 13.0. The molecule has 1 fully saturated rings. The lowest BCUT2D eigenvalue weighted by Crippen LogP contribution is -2.35. The number of nitrogens with one attached hydrogen (secondary N) is 1. The van der Waals surface area contributed by atoms with E-state index < -0.39 is 0 Å². The van der Waals surface area contributed by atoms with Crippen molar-refractivity contribution < 1.29 is 10.2 Å². The van der Waals surface area contributed by atoms with Crippen LogP contribution in [0.15, 0.2) is 24.3 Å². The third kappa shape index (κ3) is 3.72. The molecule has 1 saturated carbocycles. The van der Waals surface area contributed by atoms with Crippen LogP contribution in [0.2, 0.25) is 0 Å². The molecular formula is C15H23NO2. The first-order valence-electron chi connectivity index (χ1n) is 6.84. The summed E-state index contributed by atoms with van der Waals surface area (Å²) in [6.07, 6.45) is 4.08. The molecule has 0 bridgehead atoms. The fourth-order valence-electron chi connectivity index (χ4n) is 2.67. The predicted octanol–water partition coefficient (Wildman–Crippen LogP) is 2.07. The Morgan fingerprint density at radius 1 is 1.28 bits per heavy atom. The van der Waals surface area contributed by atoms with Gasteiger partial charge in [0.2, 0.25) is 0 Å². The van der Waals surface area contributed by atoms with Crippen LogP contribution in [0.4, 0.5) is 0 Å². The zero-order valence-corrected chi connectivity index (χ0v) is 11.0. The Balaban J connectivity index is 1.74. The minimum atomic E-state index is -0.113. The molecule has 3 heteroatoms. The average Bonchev–Trinajstić information content (AvgIpc) is 2.75. The molecule has 1 aliphatic rings. The third-order valence-electron chi connectivity index (χ3n) is 3.83. The summed E-state index contributed by atoms with van der Waals surface area (Å²) >= 11 is 0. The first-order chi connectivity index (χ1) is 8.65. The molecule has 100 valence electrons. The van der Waals surface area contributed by atoms with Gasteiger partial charge in [-0.15, -0.1) is 0 Å². The van der Waals surface area contributed by atoms with Gasteiger partial charge in [0, 0.05) is 12.6 Å². The Kier molecular flexibility index (Phi) is 4.61. The molecule has 3 N–H and O–H groups in total. The van der Waals surface area contributed by atoms with Crippen LogP contribution in [0.3, 0.4) is 0 Å². The van der Waals surface area contributed by atoms with Crippen LogP contribution in [0.25, 0.3) is 0 Å². The van der Waals surface area contributed by atoms with Gasteiger partial charge in [-0.1, -0.05) is 18.6 Å². The summed E-state index contributed by atoms with van der Waals surface area (Å²) in [7, 11) is 0. The number of rotatable bonds is 5. The molecular weight excluding hydrogens is 226 g/mol. The van der Waals surface area contributed by atoms with Gasteiger partial charge in [-0.2, -0.15) is 0 Å². The van der Waals surface area contributed by atoms with Crippen LogP contribution in [-0.2, 0) is 6.42 Å². The fourth-order valence-corrected chi connectivity index (χ4v) is 2.67. The fraction of sp³-hybridized carbons (Fsp3) is 0.600. The number of phenols is 1. The Labute approximate surface area is 109 Å². The van der Waals surface area contributed by atoms with Crippen molar-refractivity contribution in [3.63, 3.8) is 0 Å². The monoisotopic (exact) mass is 249 g/mol. The molecule has 0 spiro atoms. The number of phenolic OH excluding ortho intramolecular Hbond substituents is 1. The summed E-state index contributed by atoms with van der Waals surface area (Å²) in [4.78, 5) is 0. The SMILES string of the molecule is CC(Cc1ccc(O)cc1)NCC1CCCC1O. The molecule has 18 heavy (non-hydrogen) atoms. The smallest absolute Gasteiger partial charge is 0.115 e. The number of aromatic hydroxyl groups is 1. The summed E-state index contributed by atoms with van der Waals surface area (Å²) in [6, 6.07) is 7.75. The van der Waals surface area contributed by atoms with E-state index in [1.807, 2.05) is 12.1 Å². The van der Waals surface area contributed by atoms with E-state index in [4.69, 9.17) is 0 Å². The van der Waals surface area contributed by atoms with Gasteiger partial charge in [0.1, 0.15) is 5.75 Å². The summed E-state index contributed by atoms with van der Waals surface area (Å²) < 4.78 is 0. The second-order valence-electron chi connectivity index (χ2n) is 5.44. The molecule has 0 saturated heterocycles. The number of hydrogen-bond acceptors (Lipinski definition) is 3. The average molecular weight is 249 g/mol. The zero-order valence-electron chi connectivity index (χ0n) is 11.0. The lowest BCUT2D eigenvalue weighted by molar-refractivity contribution is 0.130. The maximum absolute atomic E-state index is 9.75. The third-order valence-corrected chi connectivity index (χ3v) is 3.83. The van der Waals surface area contributed by atoms with E-state index in [0.717, 1.165) is 32.2 Å². The van der Waals surface area contributed by atoms with Gasteiger partial charge in [0.15, 0.2) is 0 Å². The van der Waals surface area contributed by atoms with Crippen molar-refractivity contribution >= 4 is 0 Å². The van der Waals surface area contributed by atoms with Crippen LogP contribution in [0, 0.1) is 5.92 Å². The van der Waals surface area contributed by atoms with Crippen molar-refractivity contribution in [1.29, 1.82) is 0 Å². The Hall–Kier alpha value is -1.06. The highest BCUT2D eigenvalue weighted by Crippen LogP contribution is 2.24. The van der Waals surface area contributed by atoms with Crippen molar-refractivity contribution in [1.82, 2.24) is 5.32 Å². The summed E-state index contributed by atoms with van der Waals surface area (Å²) in [5, 5.41) is 22.5. The van der Waals surface area contributed by atoms with Gasteiger partial charge in [-0.3, -0.25) is 0 Å². The highest BCUT2D eigenvalue weighted by Gasteiger charge is 2.24. The van der Waals surface area contributed by atoms with Crippen molar-refractivity contribution in [3.8, 4) is 5.75 Å². The van der Waals surface area contributed by atoms with Gasteiger partial charge < -0.3 is 15.5 Å². The lowest BCUT2D eigenvalue weighted by atomic mass is 10.0. The second-order valence-corrected chi connectivity index (χ2v) is 5.44. The molecule has 0 aliphatic heterocycles. The van der Waals surface area contributed by atoms with Crippen molar-refractivity contribution in [3.05, 3.63) is 29.8 Å². The van der Waals surface area contributed by atoms with Gasteiger partial charge in [0.25, 0.3) is 0 Å². The Bertz CT molecular complexity index is 363. The molecule has 3 nitrogen and oxygen atoms in total. The molecule has 3 unspecified atom stereocenters. The van der Waals surface area contributed by atoms with E-state index in [-0.39, 0.29) is 6.10 Å². The minimum Gasteiger partial charge on any atom is -0.508 e. The molecule has 0 aromatic heterocycles. The normalized spacial score (nSPS) is 25.2. The molecule has 0 amide bonds. The highest BCUT2D eigenvalue weighted by molar-refractivity contribution is 5.26. The standard InChI is InChI=1S/C15H23NO2/c1-11(9-12-5-7-14(17)8-6-12)16-10-13-3-2-4-15(13)18/h5-8,11,13,15-18H,2-4,9-10H2,1H3. The summed E-state index contributed by atoms with van der Waals surface area (Å²) in [6.45, 7) is 3.06. The molecule has 1 aromatic rings. The van der Waals surface area contributed by atoms with Crippen LogP contribution < -0.4 is 5.32 Å². The number of hydrogen-bond donors (Lipinski definition) is 3. The van der Waals surface area contributed by atoms with Crippen LogP contribution in [-0.4, -0.2) is 28.9 Å². The Morgan fingerprint density at radius 3 is 2.61 bits per heavy atom.